The minimum absolute atomic E-state index is 0.0437. The summed E-state index contributed by atoms with van der Waals surface area (Å²) in [6, 6.07) is 1.06. The summed E-state index contributed by atoms with van der Waals surface area (Å²) in [5, 5.41) is 9.73. The number of hydrogen-bond donors (Lipinski definition) is 3. The molecule has 1 aromatic carbocycles. The molecule has 0 aliphatic heterocycles. The third-order valence-electron chi connectivity index (χ3n) is 2.04. The van der Waals surface area contributed by atoms with Crippen molar-refractivity contribution < 1.29 is 46.1 Å². The van der Waals surface area contributed by atoms with Crippen LogP contribution >= 0.6 is 17.3 Å². The zero-order valence-corrected chi connectivity index (χ0v) is 11.3. The summed E-state index contributed by atoms with van der Waals surface area (Å²) in [5.74, 6) is -4.59. The number of halogens is 4. The highest BCUT2D eigenvalue weighted by Gasteiger charge is 2.44. The first-order valence-electron chi connectivity index (χ1n) is 4.69. The highest BCUT2D eigenvalue weighted by Crippen LogP contribution is 2.43. The third kappa shape index (κ3) is 4.20. The molecule has 0 saturated heterocycles. The third-order valence-corrected chi connectivity index (χ3v) is 2.86. The van der Waals surface area contributed by atoms with E-state index in [0.29, 0.717) is 12.1 Å². The van der Waals surface area contributed by atoms with E-state index in [2.05, 4.69) is 9.05 Å². The first-order chi connectivity index (χ1) is 9.10. The van der Waals surface area contributed by atoms with E-state index in [0.717, 1.165) is 0 Å². The van der Waals surface area contributed by atoms with E-state index in [9.17, 15) is 27.2 Å². The van der Waals surface area contributed by atoms with E-state index in [1.807, 2.05) is 0 Å². The summed E-state index contributed by atoms with van der Waals surface area (Å²) >= 11 is 0. The lowest BCUT2D eigenvalue weighted by Gasteiger charge is -2.27. The number of hydrogen-bond acceptors (Lipinski definition) is 5. The molecule has 0 bridgehead atoms. The van der Waals surface area contributed by atoms with Crippen molar-refractivity contribution in [2.24, 2.45) is 0 Å². The Morgan fingerprint density at radius 3 is 2.30 bits per heavy atom. The van der Waals surface area contributed by atoms with Gasteiger partial charge in [-0.3, -0.25) is 9.09 Å². The maximum Gasteiger partial charge on any atom is 0.417 e. The van der Waals surface area contributed by atoms with Gasteiger partial charge in [-0.1, -0.05) is 0 Å². The van der Waals surface area contributed by atoms with Crippen molar-refractivity contribution in [1.82, 2.24) is 0 Å². The Bertz CT molecular complexity index is 510. The van der Waals surface area contributed by atoms with Crippen LogP contribution in [0.15, 0.2) is 18.2 Å². The molecule has 0 spiro atoms. The molecular formula is C8H8F4O6P2. The molecular weight excluding hydrogens is 330 g/mol. The second-order valence-corrected chi connectivity index (χ2v) is 4.45. The smallest absolute Gasteiger partial charge is 0.352 e. The normalized spacial score (nSPS) is 17.4. The second kappa shape index (κ2) is 6.44. The first kappa shape index (κ1) is 17.5. The summed E-state index contributed by atoms with van der Waals surface area (Å²) in [6.45, 7) is 0. The lowest BCUT2D eigenvalue weighted by atomic mass is 10.1. The van der Waals surface area contributed by atoms with E-state index in [-0.39, 0.29) is 6.07 Å². The average molecular weight is 338 g/mol. The van der Waals surface area contributed by atoms with Crippen LogP contribution in [0.1, 0.15) is 11.1 Å². The fourth-order valence-electron chi connectivity index (χ4n) is 1.34. The van der Waals surface area contributed by atoms with Gasteiger partial charge in [0.2, 0.25) is 0 Å². The van der Waals surface area contributed by atoms with Gasteiger partial charge >= 0.3 is 20.4 Å². The fourth-order valence-corrected chi connectivity index (χ4v) is 2.08. The molecule has 6 nitrogen and oxygen atoms in total. The van der Waals surface area contributed by atoms with Crippen LogP contribution in [-0.4, -0.2) is 14.9 Å². The first-order valence-corrected chi connectivity index (χ1v) is 6.80. The van der Waals surface area contributed by atoms with Gasteiger partial charge < -0.3 is 14.9 Å². The minimum Gasteiger partial charge on any atom is -0.352 e. The van der Waals surface area contributed by atoms with Crippen LogP contribution in [0, 0.1) is 5.82 Å². The molecule has 3 atom stereocenters. The van der Waals surface area contributed by atoms with Crippen LogP contribution in [0.5, 0.6) is 0 Å². The fraction of sp³-hybridized carbons (Fsp3) is 0.250. The number of benzene rings is 1. The van der Waals surface area contributed by atoms with Crippen LogP contribution < -0.4 is 0 Å². The Labute approximate surface area is 111 Å². The largest absolute Gasteiger partial charge is 0.417 e. The van der Waals surface area contributed by atoms with E-state index in [1.54, 1.807) is 0 Å². The quantitative estimate of drug-likeness (QED) is 0.431. The molecule has 0 amide bonds. The van der Waals surface area contributed by atoms with E-state index >= 15 is 0 Å². The number of alkyl halides is 3. The van der Waals surface area contributed by atoms with Crippen LogP contribution in [0.3, 0.4) is 0 Å². The van der Waals surface area contributed by atoms with Gasteiger partial charge in [-0.05, 0) is 18.2 Å². The summed E-state index contributed by atoms with van der Waals surface area (Å²) in [7, 11) is -5.48. The summed E-state index contributed by atoms with van der Waals surface area (Å²) < 4.78 is 69.9. The molecule has 0 aliphatic rings. The zero-order valence-electron chi connectivity index (χ0n) is 9.31. The van der Waals surface area contributed by atoms with Crippen LogP contribution in [-0.2, 0) is 25.8 Å². The SMILES string of the molecule is O=[PH](O)OC(O)(OPO)c1ccc(F)cc1C(F)(F)F. The Kier molecular flexibility index (Phi) is 5.62. The van der Waals surface area contributed by atoms with Crippen molar-refractivity contribution in [2.45, 2.75) is 12.1 Å². The Balaban J connectivity index is 3.44. The minimum atomic E-state index is -5.10. The van der Waals surface area contributed by atoms with Gasteiger partial charge in [0.25, 0.3) is 0 Å². The van der Waals surface area contributed by atoms with Crippen molar-refractivity contribution in [3.63, 3.8) is 0 Å². The summed E-state index contributed by atoms with van der Waals surface area (Å²) in [6.07, 6.45) is -5.10. The van der Waals surface area contributed by atoms with Crippen LogP contribution in [0.4, 0.5) is 17.6 Å². The molecule has 0 saturated carbocycles. The van der Waals surface area contributed by atoms with Gasteiger partial charge in [0, 0.05) is 0 Å². The maximum absolute atomic E-state index is 12.9. The average Bonchev–Trinajstić information content (AvgIpc) is 2.26. The zero-order chi connectivity index (χ0) is 15.6. The number of rotatable bonds is 5. The predicted octanol–water partition coefficient (Wildman–Crippen LogP) is 1.86. The molecule has 3 N–H and O–H groups in total. The van der Waals surface area contributed by atoms with E-state index in [1.165, 1.54) is 0 Å². The van der Waals surface area contributed by atoms with Gasteiger partial charge in [-0.2, -0.15) is 13.2 Å². The molecule has 0 heterocycles. The Morgan fingerprint density at radius 2 is 1.85 bits per heavy atom. The molecule has 0 radical (unpaired) electrons. The van der Waals surface area contributed by atoms with E-state index < -0.39 is 46.4 Å². The van der Waals surface area contributed by atoms with Gasteiger partial charge in [-0.15, -0.1) is 0 Å². The van der Waals surface area contributed by atoms with Crippen molar-refractivity contribution in [1.29, 1.82) is 0 Å². The molecule has 1 rings (SSSR count). The Hall–Kier alpha value is -0.600. The lowest BCUT2D eigenvalue weighted by Crippen LogP contribution is -2.31. The molecule has 0 aromatic heterocycles. The van der Waals surface area contributed by atoms with Gasteiger partial charge in [0.1, 0.15) is 5.82 Å². The summed E-state index contributed by atoms with van der Waals surface area (Å²) in [4.78, 5) is 17.1. The van der Waals surface area contributed by atoms with Crippen LogP contribution in [0.25, 0.3) is 0 Å². The molecule has 20 heavy (non-hydrogen) atoms. The standard InChI is InChI=1S/C8H8F4O6P2/c9-4-1-2-5(6(3-4)7(10,11)12)8(13,17-19-14)18-20(15)16/h1-3,13-14,19-20H,(H,15,16). The van der Waals surface area contributed by atoms with Crippen molar-refractivity contribution >= 4 is 17.3 Å². The number of aliphatic hydroxyl groups is 1. The van der Waals surface area contributed by atoms with Gasteiger partial charge in [0.15, 0.2) is 9.03 Å². The highest BCUT2D eigenvalue weighted by atomic mass is 31.1. The van der Waals surface area contributed by atoms with Gasteiger partial charge in [0.05, 0.1) is 11.1 Å². The van der Waals surface area contributed by atoms with E-state index in [4.69, 9.17) is 9.79 Å². The highest BCUT2D eigenvalue weighted by molar-refractivity contribution is 7.32. The molecule has 3 unspecified atom stereocenters. The monoisotopic (exact) mass is 338 g/mol. The van der Waals surface area contributed by atoms with Crippen molar-refractivity contribution in [2.75, 3.05) is 0 Å². The lowest BCUT2D eigenvalue weighted by molar-refractivity contribution is -0.285. The van der Waals surface area contributed by atoms with Crippen molar-refractivity contribution in [3.8, 4) is 0 Å². The molecule has 114 valence electrons. The van der Waals surface area contributed by atoms with Crippen molar-refractivity contribution in [3.05, 3.63) is 35.1 Å². The molecule has 1 aromatic rings. The van der Waals surface area contributed by atoms with Crippen LogP contribution in [0.2, 0.25) is 0 Å². The Morgan fingerprint density at radius 1 is 1.25 bits per heavy atom. The second-order valence-electron chi connectivity index (χ2n) is 3.33. The molecule has 0 aliphatic carbocycles. The predicted molar refractivity (Wildman–Crippen MR) is 59.2 cm³/mol. The maximum atomic E-state index is 12.9. The summed E-state index contributed by atoms with van der Waals surface area (Å²) in [5.41, 5.74) is -2.85. The molecule has 12 heteroatoms. The molecule has 0 fully saturated rings. The topological polar surface area (TPSA) is 96.2 Å². The van der Waals surface area contributed by atoms with Gasteiger partial charge in [-0.25, -0.2) is 8.91 Å².